The van der Waals surface area contributed by atoms with Crippen LogP contribution in [0.1, 0.15) is 24.0 Å². The van der Waals surface area contributed by atoms with Crippen LogP contribution in [0.15, 0.2) is 54.6 Å². The number of carbonyl (C=O) groups is 2. The highest BCUT2D eigenvalue weighted by Gasteiger charge is 2.27. The molecule has 142 valence electrons. The predicted molar refractivity (Wildman–Crippen MR) is 101 cm³/mol. The van der Waals surface area contributed by atoms with Crippen molar-refractivity contribution >= 4 is 12.0 Å². The lowest BCUT2D eigenvalue weighted by atomic mass is 9.99. The number of likely N-dealkylation sites (tertiary alicyclic amines) is 1. The molecule has 1 unspecified atom stereocenters. The summed E-state index contributed by atoms with van der Waals surface area (Å²) in [5.74, 6) is -0.490. The second kappa shape index (κ2) is 9.07. The van der Waals surface area contributed by atoms with E-state index < -0.39 is 11.9 Å². The van der Waals surface area contributed by atoms with Crippen molar-refractivity contribution in [3.05, 3.63) is 65.7 Å². The fraction of sp³-hybridized carbons (Fsp3) is 0.333. The van der Waals surface area contributed by atoms with E-state index in [1.54, 1.807) is 4.90 Å². The quantitative estimate of drug-likeness (QED) is 0.820. The van der Waals surface area contributed by atoms with Crippen LogP contribution in [0.25, 0.3) is 0 Å². The summed E-state index contributed by atoms with van der Waals surface area (Å²) < 4.78 is 5.75. The van der Waals surface area contributed by atoms with Gasteiger partial charge in [-0.15, -0.1) is 0 Å². The number of ether oxygens (including phenoxy) is 1. The van der Waals surface area contributed by atoms with E-state index in [1.807, 2.05) is 54.6 Å². The highest BCUT2D eigenvalue weighted by atomic mass is 16.5. The topological polar surface area (TPSA) is 78.9 Å². The zero-order chi connectivity index (χ0) is 19.1. The van der Waals surface area contributed by atoms with Gasteiger partial charge in [-0.05, 0) is 36.1 Å². The molecule has 1 aliphatic rings. The molecule has 1 aliphatic heterocycles. The van der Waals surface area contributed by atoms with E-state index in [0.717, 1.165) is 23.3 Å². The molecule has 0 bridgehead atoms. The van der Waals surface area contributed by atoms with Crippen molar-refractivity contribution in [2.45, 2.75) is 26.0 Å². The Labute approximate surface area is 158 Å². The molecule has 0 aliphatic carbocycles. The number of carboxylic acids is 1. The molecule has 1 atom stereocenters. The number of carbonyl (C=O) groups excluding carboxylic acids is 1. The summed E-state index contributed by atoms with van der Waals surface area (Å²) in [4.78, 5) is 25.1. The third-order valence-electron chi connectivity index (χ3n) is 4.64. The number of urea groups is 1. The number of piperidine rings is 1. The Balaban J connectivity index is 1.50. The maximum Gasteiger partial charge on any atom is 0.317 e. The summed E-state index contributed by atoms with van der Waals surface area (Å²) in [6.45, 7) is 1.72. The zero-order valence-electron chi connectivity index (χ0n) is 15.1. The average molecular weight is 368 g/mol. The molecule has 0 spiro atoms. The van der Waals surface area contributed by atoms with E-state index in [4.69, 9.17) is 9.84 Å². The van der Waals surface area contributed by atoms with E-state index in [0.29, 0.717) is 26.1 Å². The molecule has 2 aromatic rings. The van der Waals surface area contributed by atoms with Crippen molar-refractivity contribution in [2.24, 2.45) is 5.92 Å². The SMILES string of the molecule is O=C(O)C1CCCN(C(=O)NCc2cccc(COc3ccccc3)c2)C1. The van der Waals surface area contributed by atoms with Gasteiger partial charge >= 0.3 is 12.0 Å². The highest BCUT2D eigenvalue weighted by molar-refractivity contribution is 5.76. The summed E-state index contributed by atoms with van der Waals surface area (Å²) in [6.07, 6.45) is 1.35. The molecule has 1 fully saturated rings. The van der Waals surface area contributed by atoms with E-state index in [9.17, 15) is 9.59 Å². The van der Waals surface area contributed by atoms with Crippen molar-refractivity contribution in [2.75, 3.05) is 13.1 Å². The van der Waals surface area contributed by atoms with Gasteiger partial charge in [-0.25, -0.2) is 4.79 Å². The smallest absolute Gasteiger partial charge is 0.317 e. The number of rotatable bonds is 6. The minimum Gasteiger partial charge on any atom is -0.489 e. The third-order valence-corrected chi connectivity index (χ3v) is 4.64. The maximum atomic E-state index is 12.3. The fourth-order valence-corrected chi connectivity index (χ4v) is 3.17. The van der Waals surface area contributed by atoms with Crippen LogP contribution in [0, 0.1) is 5.92 Å². The molecule has 0 radical (unpaired) electrons. The van der Waals surface area contributed by atoms with Crippen LogP contribution in [0.3, 0.4) is 0 Å². The average Bonchev–Trinajstić information content (AvgIpc) is 2.71. The summed E-state index contributed by atoms with van der Waals surface area (Å²) in [5, 5.41) is 12.0. The van der Waals surface area contributed by atoms with Gasteiger partial charge in [-0.2, -0.15) is 0 Å². The van der Waals surface area contributed by atoms with Crippen LogP contribution in [-0.2, 0) is 17.9 Å². The van der Waals surface area contributed by atoms with Crippen LogP contribution in [-0.4, -0.2) is 35.1 Å². The van der Waals surface area contributed by atoms with Crippen molar-refractivity contribution in [1.82, 2.24) is 10.2 Å². The zero-order valence-corrected chi connectivity index (χ0v) is 15.1. The van der Waals surface area contributed by atoms with Crippen molar-refractivity contribution in [3.8, 4) is 5.75 Å². The molecule has 6 heteroatoms. The molecule has 1 saturated heterocycles. The number of carboxylic acid groups (broad SMARTS) is 1. The van der Waals surface area contributed by atoms with E-state index >= 15 is 0 Å². The van der Waals surface area contributed by atoms with Crippen molar-refractivity contribution in [3.63, 3.8) is 0 Å². The highest BCUT2D eigenvalue weighted by Crippen LogP contribution is 2.17. The fourth-order valence-electron chi connectivity index (χ4n) is 3.17. The van der Waals surface area contributed by atoms with Crippen LogP contribution >= 0.6 is 0 Å². The number of hydrogen-bond acceptors (Lipinski definition) is 3. The molecular formula is C21H24N2O4. The van der Waals surface area contributed by atoms with Gasteiger partial charge < -0.3 is 20.1 Å². The van der Waals surface area contributed by atoms with Gasteiger partial charge in [0, 0.05) is 19.6 Å². The third kappa shape index (κ3) is 5.48. The lowest BCUT2D eigenvalue weighted by molar-refractivity contribution is -0.143. The molecule has 2 N–H and O–H groups in total. The van der Waals surface area contributed by atoms with Gasteiger partial charge in [-0.1, -0.05) is 42.5 Å². The van der Waals surface area contributed by atoms with E-state index in [1.165, 1.54) is 0 Å². The first-order valence-corrected chi connectivity index (χ1v) is 9.13. The molecule has 6 nitrogen and oxygen atoms in total. The van der Waals surface area contributed by atoms with Gasteiger partial charge in [-0.3, -0.25) is 4.79 Å². The van der Waals surface area contributed by atoms with Crippen LogP contribution in [0.2, 0.25) is 0 Å². The van der Waals surface area contributed by atoms with Gasteiger partial charge in [0.1, 0.15) is 12.4 Å². The second-order valence-electron chi connectivity index (χ2n) is 6.70. The number of hydrogen-bond donors (Lipinski definition) is 2. The summed E-state index contributed by atoms with van der Waals surface area (Å²) >= 11 is 0. The number of nitrogens with one attached hydrogen (secondary N) is 1. The Hall–Kier alpha value is -3.02. The first-order chi connectivity index (χ1) is 13.1. The molecule has 0 saturated carbocycles. The summed E-state index contributed by atoms with van der Waals surface area (Å²) in [6, 6.07) is 17.3. The Morgan fingerprint density at radius 1 is 1.11 bits per heavy atom. The van der Waals surface area contributed by atoms with Gasteiger partial charge in [0.15, 0.2) is 0 Å². The predicted octanol–water partition coefficient (Wildman–Crippen LogP) is 3.27. The van der Waals surface area contributed by atoms with Crippen molar-refractivity contribution in [1.29, 1.82) is 0 Å². The number of nitrogens with zero attached hydrogens (tertiary/aromatic N) is 1. The number of aliphatic carboxylic acids is 1. The molecule has 2 amide bonds. The minimum atomic E-state index is -0.835. The summed E-state index contributed by atoms with van der Waals surface area (Å²) in [5.41, 5.74) is 2.00. The van der Waals surface area contributed by atoms with E-state index in [2.05, 4.69) is 5.32 Å². The second-order valence-corrected chi connectivity index (χ2v) is 6.70. The normalized spacial score (nSPS) is 16.6. The van der Waals surface area contributed by atoms with Gasteiger partial charge in [0.25, 0.3) is 0 Å². The molecule has 27 heavy (non-hydrogen) atoms. The van der Waals surface area contributed by atoms with Gasteiger partial charge in [0.05, 0.1) is 5.92 Å². The number of amides is 2. The largest absolute Gasteiger partial charge is 0.489 e. The lowest BCUT2D eigenvalue weighted by Crippen LogP contribution is -2.46. The Bertz CT molecular complexity index is 779. The van der Waals surface area contributed by atoms with Crippen LogP contribution in [0.5, 0.6) is 5.75 Å². The van der Waals surface area contributed by atoms with E-state index in [-0.39, 0.29) is 12.6 Å². The van der Waals surface area contributed by atoms with Crippen molar-refractivity contribution < 1.29 is 19.4 Å². The molecule has 1 heterocycles. The Morgan fingerprint density at radius 2 is 1.89 bits per heavy atom. The summed E-state index contributed by atoms with van der Waals surface area (Å²) in [7, 11) is 0. The molecule has 2 aromatic carbocycles. The Kier molecular flexibility index (Phi) is 6.30. The first kappa shape index (κ1) is 18.8. The van der Waals surface area contributed by atoms with Crippen LogP contribution in [0.4, 0.5) is 4.79 Å². The van der Waals surface area contributed by atoms with Crippen LogP contribution < -0.4 is 10.1 Å². The lowest BCUT2D eigenvalue weighted by Gasteiger charge is -2.30. The Morgan fingerprint density at radius 3 is 2.67 bits per heavy atom. The number of benzene rings is 2. The number of para-hydroxylation sites is 1. The molecule has 0 aromatic heterocycles. The minimum absolute atomic E-state index is 0.216. The molecular weight excluding hydrogens is 344 g/mol. The standard InChI is InChI=1S/C21H24N2O4/c24-20(25)18-8-5-11-23(14-18)21(26)22-13-16-6-4-7-17(12-16)15-27-19-9-2-1-3-10-19/h1-4,6-7,9-10,12,18H,5,8,11,13-15H2,(H,22,26)(H,24,25). The monoisotopic (exact) mass is 368 g/mol. The maximum absolute atomic E-state index is 12.3. The first-order valence-electron chi connectivity index (χ1n) is 9.13. The molecule has 3 rings (SSSR count). The van der Waals surface area contributed by atoms with Gasteiger partial charge in [0.2, 0.25) is 0 Å².